The van der Waals surface area contributed by atoms with Crippen LogP contribution in [0.1, 0.15) is 67.7 Å². The summed E-state index contributed by atoms with van der Waals surface area (Å²) in [5, 5.41) is 0. The van der Waals surface area contributed by atoms with Gasteiger partial charge in [0.05, 0.1) is 23.0 Å². The fourth-order valence-corrected chi connectivity index (χ4v) is 8.48. The maximum atomic E-state index is 15.5. The van der Waals surface area contributed by atoms with Crippen molar-refractivity contribution in [2.45, 2.75) is 109 Å². The fourth-order valence-electron chi connectivity index (χ4n) is 8.48. The summed E-state index contributed by atoms with van der Waals surface area (Å²) in [6.45, 7) is 8.04. The summed E-state index contributed by atoms with van der Waals surface area (Å²) in [5.41, 5.74) is -10.2. The normalized spacial score (nSPS) is 40.0. The van der Waals surface area contributed by atoms with Gasteiger partial charge in [-0.05, 0) is 70.1 Å². The van der Waals surface area contributed by atoms with Crippen LogP contribution in [0.2, 0.25) is 0 Å². The Hall–Kier alpha value is -1.64. The maximum Gasteiger partial charge on any atom is 0.448 e. The van der Waals surface area contributed by atoms with Crippen molar-refractivity contribution in [1.29, 1.82) is 0 Å². The van der Waals surface area contributed by atoms with Gasteiger partial charge in [0.15, 0.2) is 0 Å². The zero-order valence-electron chi connectivity index (χ0n) is 24.0. The zero-order valence-corrected chi connectivity index (χ0v) is 24.0. The smallest absolute Gasteiger partial charge is 0.393 e. The topological polar surface area (TPSA) is 61.8 Å². The minimum absolute atomic E-state index is 0.376. The molecule has 3 saturated heterocycles. The maximum absolute atomic E-state index is 15.5. The van der Waals surface area contributed by atoms with Crippen molar-refractivity contribution in [3.8, 4) is 0 Å². The Morgan fingerprint density at radius 1 is 0.810 bits per heavy atom. The van der Waals surface area contributed by atoms with Gasteiger partial charge in [0.1, 0.15) is 0 Å². The standard InChI is InChI=1S/C27H34F10O5/c1-11-13-8-14(22(6,7)42-24(13,28)27(35,36)37)16(11)17-12(18(38)40-19(17)39)9-20(2,3)15-10-21(4,5)41-23(15,25(29,30)31)26(32,33)34/h11-17H,8-10H2,1-7H3. The summed E-state index contributed by atoms with van der Waals surface area (Å²) in [5.74, 6) is -16.9. The SMILES string of the molecule is CC1C(C2C(=O)OC(=O)C2CC(C)(C)C2CC(C)(C)OC2(C(F)(F)F)C(F)(F)F)C2CC1C(F)(C(F)(F)F)OC2(C)C. The average molecular weight is 629 g/mol. The van der Waals surface area contributed by atoms with Crippen LogP contribution in [-0.2, 0) is 23.8 Å². The van der Waals surface area contributed by atoms with E-state index in [1.165, 1.54) is 20.8 Å². The van der Waals surface area contributed by atoms with Gasteiger partial charge >= 0.3 is 36.3 Å². The predicted molar refractivity (Wildman–Crippen MR) is 124 cm³/mol. The molecule has 8 atom stereocenters. The fraction of sp³-hybridized carbons (Fsp3) is 0.926. The first kappa shape index (κ1) is 33.3. The molecule has 1 aliphatic carbocycles. The van der Waals surface area contributed by atoms with Gasteiger partial charge in [0, 0.05) is 11.8 Å². The van der Waals surface area contributed by atoms with E-state index in [0.717, 1.165) is 27.7 Å². The molecule has 5 nitrogen and oxygen atoms in total. The summed E-state index contributed by atoms with van der Waals surface area (Å²) in [6.07, 6.45) is -19.0. The highest BCUT2D eigenvalue weighted by Crippen LogP contribution is 2.67. The number of rotatable bonds is 4. The Morgan fingerprint density at radius 2 is 1.33 bits per heavy atom. The molecule has 0 aromatic carbocycles. The van der Waals surface area contributed by atoms with Crippen LogP contribution >= 0.6 is 0 Å². The minimum Gasteiger partial charge on any atom is -0.393 e. The van der Waals surface area contributed by atoms with Gasteiger partial charge in [-0.2, -0.15) is 39.5 Å². The molecule has 2 bridgehead atoms. The van der Waals surface area contributed by atoms with Crippen LogP contribution in [0.4, 0.5) is 43.9 Å². The molecule has 3 aliphatic heterocycles. The number of cyclic esters (lactones) is 2. The lowest BCUT2D eigenvalue weighted by Crippen LogP contribution is -2.63. The molecule has 8 unspecified atom stereocenters. The van der Waals surface area contributed by atoms with Crippen LogP contribution in [0.25, 0.3) is 0 Å². The Bertz CT molecular complexity index is 1110. The number of esters is 2. The number of carbonyl (C=O) groups is 2. The molecular formula is C27H34F10O5. The molecule has 15 heteroatoms. The Morgan fingerprint density at radius 3 is 1.81 bits per heavy atom. The van der Waals surface area contributed by atoms with E-state index in [0.29, 0.717) is 0 Å². The van der Waals surface area contributed by atoms with Gasteiger partial charge in [0.25, 0.3) is 5.60 Å². The molecule has 1 saturated carbocycles. The van der Waals surface area contributed by atoms with Crippen LogP contribution in [0.15, 0.2) is 0 Å². The molecule has 3 heterocycles. The van der Waals surface area contributed by atoms with Crippen molar-refractivity contribution in [2.24, 2.45) is 46.8 Å². The number of ether oxygens (including phenoxy) is 3. The number of halogens is 10. The summed E-state index contributed by atoms with van der Waals surface area (Å²) in [4.78, 5) is 26.0. The second-order valence-corrected chi connectivity index (χ2v) is 14.1. The van der Waals surface area contributed by atoms with E-state index in [2.05, 4.69) is 0 Å². The van der Waals surface area contributed by atoms with E-state index in [4.69, 9.17) is 14.2 Å². The highest BCUT2D eigenvalue weighted by molar-refractivity contribution is 5.96. The minimum atomic E-state index is -5.91. The lowest BCUT2D eigenvalue weighted by Gasteiger charge is -2.47. The first-order valence-corrected chi connectivity index (χ1v) is 13.6. The van der Waals surface area contributed by atoms with Crippen molar-refractivity contribution in [2.75, 3.05) is 0 Å². The van der Waals surface area contributed by atoms with E-state index in [9.17, 15) is 49.1 Å². The zero-order chi connectivity index (χ0) is 32.4. The van der Waals surface area contributed by atoms with Gasteiger partial charge in [-0.25, -0.2) is 4.39 Å². The summed E-state index contributed by atoms with van der Waals surface area (Å²) in [7, 11) is 0. The van der Waals surface area contributed by atoms with Gasteiger partial charge in [-0.15, -0.1) is 0 Å². The molecular weight excluding hydrogens is 594 g/mol. The predicted octanol–water partition coefficient (Wildman–Crippen LogP) is 7.32. The number of hydrogen-bond donors (Lipinski definition) is 0. The monoisotopic (exact) mass is 628 g/mol. The Kier molecular flexibility index (Phi) is 7.28. The number of hydrogen-bond acceptors (Lipinski definition) is 5. The molecule has 0 amide bonds. The van der Waals surface area contributed by atoms with E-state index < -0.39 is 113 Å². The largest absolute Gasteiger partial charge is 0.448 e. The molecule has 4 rings (SSSR count). The molecule has 0 radical (unpaired) electrons. The van der Waals surface area contributed by atoms with Crippen LogP contribution in [0, 0.1) is 46.8 Å². The quantitative estimate of drug-likeness (QED) is 0.186. The van der Waals surface area contributed by atoms with E-state index in [-0.39, 0.29) is 6.42 Å². The van der Waals surface area contributed by atoms with E-state index >= 15 is 4.39 Å². The molecule has 0 aromatic heterocycles. The summed E-state index contributed by atoms with van der Waals surface area (Å²) >= 11 is 0. The molecule has 0 spiro atoms. The van der Waals surface area contributed by atoms with Crippen LogP contribution in [0.5, 0.6) is 0 Å². The van der Waals surface area contributed by atoms with Crippen LogP contribution in [0.3, 0.4) is 0 Å². The lowest BCUT2D eigenvalue weighted by atomic mass is 9.61. The Labute approximate surface area is 236 Å². The first-order chi connectivity index (χ1) is 18.5. The van der Waals surface area contributed by atoms with Gasteiger partial charge in [-0.3, -0.25) is 9.59 Å². The molecule has 0 N–H and O–H groups in total. The van der Waals surface area contributed by atoms with Crippen molar-refractivity contribution < 1.29 is 67.7 Å². The summed E-state index contributed by atoms with van der Waals surface area (Å²) < 4.78 is 158. The van der Waals surface area contributed by atoms with E-state index in [1.807, 2.05) is 0 Å². The molecule has 4 fully saturated rings. The lowest BCUT2D eigenvalue weighted by molar-refractivity contribution is -0.398. The number of alkyl halides is 10. The van der Waals surface area contributed by atoms with E-state index in [1.54, 1.807) is 0 Å². The molecule has 242 valence electrons. The second kappa shape index (κ2) is 9.20. The molecule has 42 heavy (non-hydrogen) atoms. The van der Waals surface area contributed by atoms with Crippen LogP contribution in [-0.4, -0.2) is 53.1 Å². The average Bonchev–Trinajstić information content (AvgIpc) is 3.34. The third-order valence-corrected chi connectivity index (χ3v) is 10.2. The van der Waals surface area contributed by atoms with Crippen molar-refractivity contribution in [1.82, 2.24) is 0 Å². The third kappa shape index (κ3) is 4.65. The number of fused-ring (bicyclic) bond motifs is 2. The molecule has 4 aliphatic rings. The van der Waals surface area contributed by atoms with Crippen LogP contribution < -0.4 is 0 Å². The van der Waals surface area contributed by atoms with Gasteiger partial charge < -0.3 is 14.2 Å². The Balaban J connectivity index is 1.76. The highest BCUT2D eigenvalue weighted by Gasteiger charge is 2.82. The van der Waals surface area contributed by atoms with Crippen molar-refractivity contribution in [3.63, 3.8) is 0 Å². The van der Waals surface area contributed by atoms with Gasteiger partial charge in [-0.1, -0.05) is 20.8 Å². The second-order valence-electron chi connectivity index (χ2n) is 14.1. The highest BCUT2D eigenvalue weighted by atomic mass is 19.4. The third-order valence-electron chi connectivity index (χ3n) is 10.2. The number of carbonyl (C=O) groups excluding carboxylic acids is 2. The molecule has 0 aromatic rings. The van der Waals surface area contributed by atoms with Gasteiger partial charge in [0.2, 0.25) is 0 Å². The first-order valence-electron chi connectivity index (χ1n) is 13.6. The summed E-state index contributed by atoms with van der Waals surface area (Å²) in [6, 6.07) is 0. The van der Waals surface area contributed by atoms with Crippen molar-refractivity contribution in [3.05, 3.63) is 0 Å². The van der Waals surface area contributed by atoms with Crippen molar-refractivity contribution >= 4 is 11.9 Å².